The standard InChI is InChI=1S/C17H19ClN2O2/c1-22-16-8-6-12(10-15(16)19)7-9-17(21)20-11-13-4-2-3-5-14(13)18/h2-6,8,10H,7,9,11,19H2,1H3,(H,20,21). The van der Waals surface area contributed by atoms with Gasteiger partial charge in [0.2, 0.25) is 5.91 Å². The van der Waals surface area contributed by atoms with Crippen LogP contribution < -0.4 is 15.8 Å². The number of hydrogen-bond donors (Lipinski definition) is 2. The predicted octanol–water partition coefficient (Wildman–Crippen LogP) is 3.18. The summed E-state index contributed by atoms with van der Waals surface area (Å²) in [6.07, 6.45) is 1.03. The summed E-state index contributed by atoms with van der Waals surface area (Å²) in [5.41, 5.74) is 8.34. The largest absolute Gasteiger partial charge is 0.495 e. The van der Waals surface area contributed by atoms with Gasteiger partial charge >= 0.3 is 0 Å². The molecule has 0 saturated heterocycles. The molecule has 0 aromatic heterocycles. The summed E-state index contributed by atoms with van der Waals surface area (Å²) in [5, 5.41) is 3.53. The molecule has 0 aliphatic rings. The molecule has 4 nitrogen and oxygen atoms in total. The molecule has 0 aliphatic heterocycles. The molecule has 1 amide bonds. The van der Waals surface area contributed by atoms with Crippen molar-refractivity contribution < 1.29 is 9.53 Å². The van der Waals surface area contributed by atoms with Crippen LogP contribution in [0.25, 0.3) is 0 Å². The van der Waals surface area contributed by atoms with Crippen molar-refractivity contribution in [3.63, 3.8) is 0 Å². The van der Waals surface area contributed by atoms with E-state index in [1.807, 2.05) is 42.5 Å². The van der Waals surface area contributed by atoms with E-state index < -0.39 is 0 Å². The molecule has 3 N–H and O–H groups in total. The molecule has 0 heterocycles. The summed E-state index contributed by atoms with van der Waals surface area (Å²) in [5.74, 6) is 0.626. The third-order valence-electron chi connectivity index (χ3n) is 3.37. The zero-order chi connectivity index (χ0) is 15.9. The van der Waals surface area contributed by atoms with Crippen LogP contribution >= 0.6 is 11.6 Å². The van der Waals surface area contributed by atoms with E-state index in [1.165, 1.54) is 0 Å². The van der Waals surface area contributed by atoms with Gasteiger partial charge in [-0.2, -0.15) is 0 Å². The van der Waals surface area contributed by atoms with Gasteiger partial charge in [0.05, 0.1) is 12.8 Å². The molecule has 5 heteroatoms. The Kier molecular flexibility index (Phi) is 5.67. The number of aryl methyl sites for hydroxylation is 1. The molecule has 116 valence electrons. The second-order valence-corrected chi connectivity index (χ2v) is 5.35. The number of hydrogen-bond acceptors (Lipinski definition) is 3. The van der Waals surface area contributed by atoms with Crippen LogP contribution in [0.4, 0.5) is 5.69 Å². The number of ether oxygens (including phenoxy) is 1. The molecule has 2 rings (SSSR count). The minimum absolute atomic E-state index is 0.0192. The van der Waals surface area contributed by atoms with Crippen LogP contribution in [0.2, 0.25) is 5.02 Å². The number of carbonyl (C=O) groups is 1. The van der Waals surface area contributed by atoms with E-state index in [4.69, 9.17) is 22.1 Å². The van der Waals surface area contributed by atoms with Gasteiger partial charge in [-0.15, -0.1) is 0 Å². The zero-order valence-electron chi connectivity index (χ0n) is 12.4. The lowest BCUT2D eigenvalue weighted by atomic mass is 10.1. The third-order valence-corrected chi connectivity index (χ3v) is 3.74. The fraction of sp³-hybridized carbons (Fsp3) is 0.235. The van der Waals surface area contributed by atoms with Gasteiger partial charge < -0.3 is 15.8 Å². The monoisotopic (exact) mass is 318 g/mol. The van der Waals surface area contributed by atoms with E-state index in [2.05, 4.69) is 5.32 Å². The van der Waals surface area contributed by atoms with Crippen LogP contribution in [0.15, 0.2) is 42.5 Å². The predicted molar refractivity (Wildman–Crippen MR) is 89.0 cm³/mol. The Labute approximate surface area is 135 Å². The van der Waals surface area contributed by atoms with Gasteiger partial charge in [0.1, 0.15) is 5.75 Å². The van der Waals surface area contributed by atoms with Crippen LogP contribution in [-0.2, 0) is 17.8 Å². The van der Waals surface area contributed by atoms with E-state index in [9.17, 15) is 4.79 Å². The Morgan fingerprint density at radius 1 is 1.27 bits per heavy atom. The molecule has 0 spiro atoms. The first kappa shape index (κ1) is 16.2. The van der Waals surface area contributed by atoms with Gasteiger partial charge in [-0.05, 0) is 35.7 Å². The molecule has 0 radical (unpaired) electrons. The first-order chi connectivity index (χ1) is 10.6. The van der Waals surface area contributed by atoms with Crippen LogP contribution in [0.5, 0.6) is 5.75 Å². The number of nitrogens with two attached hydrogens (primary N) is 1. The molecule has 0 unspecified atom stereocenters. The molecule has 0 fully saturated rings. The molecule has 2 aromatic carbocycles. The molecule has 2 aromatic rings. The van der Waals surface area contributed by atoms with E-state index in [0.717, 1.165) is 11.1 Å². The van der Waals surface area contributed by atoms with E-state index in [0.29, 0.717) is 35.8 Å². The van der Waals surface area contributed by atoms with Gasteiger partial charge in [-0.3, -0.25) is 4.79 Å². The van der Waals surface area contributed by atoms with E-state index >= 15 is 0 Å². The minimum Gasteiger partial charge on any atom is -0.495 e. The number of anilines is 1. The number of halogens is 1. The maximum Gasteiger partial charge on any atom is 0.220 e. The molecular formula is C17H19ClN2O2. The molecular weight excluding hydrogens is 300 g/mol. The van der Waals surface area contributed by atoms with Crippen LogP contribution in [-0.4, -0.2) is 13.0 Å². The molecule has 0 aliphatic carbocycles. The highest BCUT2D eigenvalue weighted by Gasteiger charge is 2.06. The lowest BCUT2D eigenvalue weighted by Crippen LogP contribution is -2.23. The Hall–Kier alpha value is -2.20. The summed E-state index contributed by atoms with van der Waals surface area (Å²) in [6, 6.07) is 13.0. The molecule has 0 atom stereocenters. The molecule has 0 saturated carbocycles. The molecule has 22 heavy (non-hydrogen) atoms. The highest BCUT2D eigenvalue weighted by atomic mass is 35.5. The smallest absolute Gasteiger partial charge is 0.220 e. The van der Waals surface area contributed by atoms with Crippen molar-refractivity contribution in [2.45, 2.75) is 19.4 Å². The fourth-order valence-electron chi connectivity index (χ4n) is 2.12. The van der Waals surface area contributed by atoms with Crippen molar-refractivity contribution in [2.75, 3.05) is 12.8 Å². The maximum absolute atomic E-state index is 11.9. The fourth-order valence-corrected chi connectivity index (χ4v) is 2.32. The van der Waals surface area contributed by atoms with Gasteiger partial charge in [-0.25, -0.2) is 0 Å². The van der Waals surface area contributed by atoms with Gasteiger partial charge in [0, 0.05) is 18.0 Å². The Bertz CT molecular complexity index is 659. The Morgan fingerprint density at radius 2 is 2.05 bits per heavy atom. The van der Waals surface area contributed by atoms with Crippen molar-refractivity contribution in [2.24, 2.45) is 0 Å². The highest BCUT2D eigenvalue weighted by molar-refractivity contribution is 6.31. The highest BCUT2D eigenvalue weighted by Crippen LogP contribution is 2.22. The quantitative estimate of drug-likeness (QED) is 0.804. The zero-order valence-corrected chi connectivity index (χ0v) is 13.2. The maximum atomic E-state index is 11.9. The Morgan fingerprint density at radius 3 is 2.73 bits per heavy atom. The lowest BCUT2D eigenvalue weighted by molar-refractivity contribution is -0.121. The topological polar surface area (TPSA) is 64.3 Å². The number of methoxy groups -OCH3 is 1. The number of amides is 1. The number of nitrogens with one attached hydrogen (secondary N) is 1. The molecule has 0 bridgehead atoms. The van der Waals surface area contributed by atoms with Crippen molar-refractivity contribution in [1.82, 2.24) is 5.32 Å². The van der Waals surface area contributed by atoms with Gasteiger partial charge in [0.25, 0.3) is 0 Å². The van der Waals surface area contributed by atoms with Crippen molar-refractivity contribution in [3.8, 4) is 5.75 Å². The first-order valence-corrected chi connectivity index (χ1v) is 7.40. The summed E-state index contributed by atoms with van der Waals surface area (Å²) >= 11 is 6.05. The number of nitrogen functional groups attached to an aromatic ring is 1. The number of carbonyl (C=O) groups excluding carboxylic acids is 1. The minimum atomic E-state index is -0.0192. The number of benzene rings is 2. The third kappa shape index (κ3) is 4.40. The van der Waals surface area contributed by atoms with Gasteiger partial charge in [-0.1, -0.05) is 35.9 Å². The second kappa shape index (κ2) is 7.71. The lowest BCUT2D eigenvalue weighted by Gasteiger charge is -2.08. The Balaban J connectivity index is 1.83. The van der Waals surface area contributed by atoms with Gasteiger partial charge in [0.15, 0.2) is 0 Å². The van der Waals surface area contributed by atoms with Crippen molar-refractivity contribution in [1.29, 1.82) is 0 Å². The average Bonchev–Trinajstić information content (AvgIpc) is 2.52. The average molecular weight is 319 g/mol. The van der Waals surface area contributed by atoms with Crippen LogP contribution in [0, 0.1) is 0 Å². The second-order valence-electron chi connectivity index (χ2n) is 4.94. The first-order valence-electron chi connectivity index (χ1n) is 7.02. The summed E-state index contributed by atoms with van der Waals surface area (Å²) < 4.78 is 5.11. The number of rotatable bonds is 6. The SMILES string of the molecule is COc1ccc(CCC(=O)NCc2ccccc2Cl)cc1N. The summed E-state index contributed by atoms with van der Waals surface area (Å²) in [6.45, 7) is 0.434. The van der Waals surface area contributed by atoms with Crippen LogP contribution in [0.3, 0.4) is 0 Å². The van der Waals surface area contributed by atoms with Crippen LogP contribution in [0.1, 0.15) is 17.5 Å². The van der Waals surface area contributed by atoms with Crippen molar-refractivity contribution in [3.05, 3.63) is 58.6 Å². The van der Waals surface area contributed by atoms with E-state index in [-0.39, 0.29) is 5.91 Å². The van der Waals surface area contributed by atoms with E-state index in [1.54, 1.807) is 7.11 Å². The van der Waals surface area contributed by atoms with Crippen molar-refractivity contribution >= 4 is 23.2 Å². The summed E-state index contributed by atoms with van der Waals surface area (Å²) in [4.78, 5) is 11.9. The summed E-state index contributed by atoms with van der Waals surface area (Å²) in [7, 11) is 1.58. The normalized spacial score (nSPS) is 10.3.